The SMILES string of the molecule is COCCOC1C(O)C(COP(=O)(O)O)OC1n1cc(C)c(=O)[nH]c1=O. The van der Waals surface area contributed by atoms with Gasteiger partial charge in [-0.05, 0) is 6.92 Å². The van der Waals surface area contributed by atoms with Crippen LogP contribution in [0.2, 0.25) is 0 Å². The number of aryl methyl sites for hydroxylation is 1. The van der Waals surface area contributed by atoms with Crippen molar-refractivity contribution in [1.29, 1.82) is 0 Å². The Hall–Kier alpha value is -1.37. The zero-order valence-electron chi connectivity index (χ0n) is 14.1. The third kappa shape index (κ3) is 5.09. The van der Waals surface area contributed by atoms with Crippen LogP contribution in [0.3, 0.4) is 0 Å². The molecule has 1 fully saturated rings. The van der Waals surface area contributed by atoms with Crippen LogP contribution in [0.1, 0.15) is 11.8 Å². The normalized spacial score (nSPS) is 26.3. The van der Waals surface area contributed by atoms with Crippen molar-refractivity contribution < 1.29 is 38.2 Å². The van der Waals surface area contributed by atoms with E-state index in [2.05, 4.69) is 9.51 Å². The van der Waals surface area contributed by atoms with Crippen LogP contribution in [0.25, 0.3) is 0 Å². The molecule has 0 bridgehead atoms. The summed E-state index contributed by atoms with van der Waals surface area (Å²) in [7, 11) is -3.32. The van der Waals surface area contributed by atoms with Gasteiger partial charge in [0.05, 0.1) is 19.8 Å². The van der Waals surface area contributed by atoms with Crippen LogP contribution in [-0.4, -0.2) is 69.7 Å². The highest BCUT2D eigenvalue weighted by Crippen LogP contribution is 2.38. The second-order valence-corrected chi connectivity index (χ2v) is 6.89. The van der Waals surface area contributed by atoms with Gasteiger partial charge < -0.3 is 29.1 Å². The van der Waals surface area contributed by atoms with Crippen molar-refractivity contribution in [1.82, 2.24) is 9.55 Å². The molecule has 2 heterocycles. The number of aliphatic hydroxyl groups excluding tert-OH is 1. The second-order valence-electron chi connectivity index (χ2n) is 5.65. The highest BCUT2D eigenvalue weighted by molar-refractivity contribution is 7.46. The standard InChI is InChI=1S/C13H21N2O10P/c1-7-5-15(13(18)14-11(7)17)12-10(23-4-3-22-2)9(16)8(25-12)6-24-26(19,20)21/h5,8-10,12,16H,3-4,6H2,1-2H3,(H,14,17,18)(H2,19,20,21). The predicted molar refractivity (Wildman–Crippen MR) is 85.6 cm³/mol. The fourth-order valence-corrected chi connectivity index (χ4v) is 2.81. The van der Waals surface area contributed by atoms with Crippen LogP contribution < -0.4 is 11.2 Å². The molecule has 1 saturated heterocycles. The molecule has 0 radical (unpaired) electrons. The number of H-pyrrole nitrogens is 1. The topological polar surface area (TPSA) is 170 Å². The number of hydrogen-bond donors (Lipinski definition) is 4. The lowest BCUT2D eigenvalue weighted by Gasteiger charge is -2.22. The lowest BCUT2D eigenvalue weighted by atomic mass is 10.1. The Balaban J connectivity index is 2.28. The van der Waals surface area contributed by atoms with Crippen LogP contribution >= 0.6 is 7.82 Å². The molecule has 1 aliphatic heterocycles. The Morgan fingerprint density at radius 2 is 2.04 bits per heavy atom. The lowest BCUT2D eigenvalue weighted by molar-refractivity contribution is -0.0818. The molecule has 0 aliphatic carbocycles. The Morgan fingerprint density at radius 3 is 2.65 bits per heavy atom. The van der Waals surface area contributed by atoms with E-state index in [0.717, 1.165) is 4.57 Å². The molecule has 1 aromatic rings. The van der Waals surface area contributed by atoms with Gasteiger partial charge in [0, 0.05) is 18.9 Å². The summed E-state index contributed by atoms with van der Waals surface area (Å²) >= 11 is 0. The Morgan fingerprint density at radius 1 is 1.35 bits per heavy atom. The first-order valence-corrected chi connectivity index (χ1v) is 9.13. The largest absolute Gasteiger partial charge is 0.469 e. The van der Waals surface area contributed by atoms with Gasteiger partial charge in [-0.25, -0.2) is 9.36 Å². The van der Waals surface area contributed by atoms with E-state index in [0.29, 0.717) is 0 Å². The van der Waals surface area contributed by atoms with E-state index in [-0.39, 0.29) is 18.8 Å². The molecular formula is C13H21N2O10P. The molecule has 2 rings (SSSR count). The molecular weight excluding hydrogens is 375 g/mol. The first-order valence-electron chi connectivity index (χ1n) is 7.60. The zero-order chi connectivity index (χ0) is 19.5. The number of ether oxygens (including phenoxy) is 3. The van der Waals surface area contributed by atoms with Gasteiger partial charge in [-0.3, -0.25) is 18.9 Å². The molecule has 0 aromatic carbocycles. The molecule has 4 N–H and O–H groups in total. The van der Waals surface area contributed by atoms with E-state index in [4.69, 9.17) is 24.0 Å². The molecule has 1 aromatic heterocycles. The Bertz CT molecular complexity index is 771. The molecule has 4 unspecified atom stereocenters. The second kappa shape index (κ2) is 8.55. The Labute approximate surface area is 147 Å². The van der Waals surface area contributed by atoms with Crippen molar-refractivity contribution in [3.05, 3.63) is 32.6 Å². The summed E-state index contributed by atoms with van der Waals surface area (Å²) in [6, 6.07) is 0. The van der Waals surface area contributed by atoms with E-state index < -0.39 is 50.2 Å². The maximum Gasteiger partial charge on any atom is 0.469 e. The van der Waals surface area contributed by atoms with Crippen LogP contribution in [0.4, 0.5) is 0 Å². The fourth-order valence-electron chi connectivity index (χ4n) is 2.47. The zero-order valence-corrected chi connectivity index (χ0v) is 15.0. The van der Waals surface area contributed by atoms with Gasteiger partial charge in [0.2, 0.25) is 0 Å². The third-order valence-corrected chi connectivity index (χ3v) is 4.22. The predicted octanol–water partition coefficient (Wildman–Crippen LogP) is -1.76. The van der Waals surface area contributed by atoms with Crippen LogP contribution in [0, 0.1) is 6.92 Å². The van der Waals surface area contributed by atoms with Crippen molar-refractivity contribution in [2.75, 3.05) is 26.9 Å². The summed E-state index contributed by atoms with van der Waals surface area (Å²) in [5, 5.41) is 10.4. The molecule has 26 heavy (non-hydrogen) atoms. The lowest BCUT2D eigenvalue weighted by Crippen LogP contribution is -2.40. The highest BCUT2D eigenvalue weighted by atomic mass is 31.2. The molecule has 0 amide bonds. The number of phosphoric ester groups is 1. The van der Waals surface area contributed by atoms with Crippen molar-refractivity contribution in [2.45, 2.75) is 31.5 Å². The van der Waals surface area contributed by atoms with Gasteiger partial charge in [0.15, 0.2) is 6.23 Å². The van der Waals surface area contributed by atoms with Gasteiger partial charge in [-0.15, -0.1) is 0 Å². The number of nitrogens with one attached hydrogen (secondary N) is 1. The van der Waals surface area contributed by atoms with Gasteiger partial charge in [-0.1, -0.05) is 0 Å². The molecule has 12 nitrogen and oxygen atoms in total. The summed E-state index contributed by atoms with van der Waals surface area (Å²) in [4.78, 5) is 43.3. The number of rotatable bonds is 8. The summed E-state index contributed by atoms with van der Waals surface area (Å²) in [5.41, 5.74) is -1.12. The van der Waals surface area contributed by atoms with Crippen LogP contribution in [0.5, 0.6) is 0 Å². The molecule has 4 atom stereocenters. The van der Waals surface area contributed by atoms with E-state index in [9.17, 15) is 19.3 Å². The minimum absolute atomic E-state index is 0.0707. The quantitative estimate of drug-likeness (QED) is 0.292. The van der Waals surface area contributed by atoms with Crippen molar-refractivity contribution in [3.63, 3.8) is 0 Å². The monoisotopic (exact) mass is 396 g/mol. The molecule has 1 aliphatic rings. The maximum atomic E-state index is 12.1. The van der Waals surface area contributed by atoms with Crippen molar-refractivity contribution >= 4 is 7.82 Å². The van der Waals surface area contributed by atoms with E-state index in [1.54, 1.807) is 0 Å². The number of phosphoric acid groups is 1. The molecule has 148 valence electrons. The van der Waals surface area contributed by atoms with Gasteiger partial charge in [0.1, 0.15) is 18.3 Å². The van der Waals surface area contributed by atoms with Crippen molar-refractivity contribution in [2.24, 2.45) is 0 Å². The number of nitrogens with zero attached hydrogens (tertiary/aromatic N) is 1. The maximum absolute atomic E-state index is 12.1. The van der Waals surface area contributed by atoms with E-state index >= 15 is 0 Å². The van der Waals surface area contributed by atoms with Crippen LogP contribution in [0.15, 0.2) is 15.8 Å². The summed E-state index contributed by atoms with van der Waals surface area (Å²) < 4.78 is 32.2. The van der Waals surface area contributed by atoms with Gasteiger partial charge in [0.25, 0.3) is 5.56 Å². The molecule has 0 spiro atoms. The van der Waals surface area contributed by atoms with Crippen LogP contribution in [-0.2, 0) is 23.3 Å². The summed E-state index contributed by atoms with van der Waals surface area (Å²) in [6.07, 6.45) is -3.46. The number of hydrogen-bond acceptors (Lipinski definition) is 8. The average Bonchev–Trinajstić information content (AvgIpc) is 2.85. The average molecular weight is 396 g/mol. The molecule has 13 heteroatoms. The first kappa shape index (κ1) is 20.9. The smallest absolute Gasteiger partial charge is 0.387 e. The summed E-state index contributed by atoms with van der Waals surface area (Å²) in [5.74, 6) is 0. The van der Waals surface area contributed by atoms with E-state index in [1.807, 2.05) is 0 Å². The number of aromatic amines is 1. The number of methoxy groups -OCH3 is 1. The van der Waals surface area contributed by atoms with Crippen molar-refractivity contribution in [3.8, 4) is 0 Å². The molecule has 0 saturated carbocycles. The summed E-state index contributed by atoms with van der Waals surface area (Å²) in [6.45, 7) is 1.14. The van der Waals surface area contributed by atoms with Gasteiger partial charge in [-0.2, -0.15) is 0 Å². The van der Waals surface area contributed by atoms with Gasteiger partial charge >= 0.3 is 13.5 Å². The third-order valence-electron chi connectivity index (χ3n) is 3.74. The minimum Gasteiger partial charge on any atom is -0.387 e. The number of aromatic nitrogens is 2. The fraction of sp³-hybridized carbons (Fsp3) is 0.692. The Kier molecular flexibility index (Phi) is 6.88. The first-order chi connectivity index (χ1) is 12.1. The highest BCUT2D eigenvalue weighted by Gasteiger charge is 2.46. The minimum atomic E-state index is -4.77. The van der Waals surface area contributed by atoms with E-state index in [1.165, 1.54) is 20.2 Å². The number of aliphatic hydroxyl groups is 1.